The first-order chi connectivity index (χ1) is 11.1. The van der Waals surface area contributed by atoms with Crippen molar-refractivity contribution < 1.29 is 9.18 Å². The highest BCUT2D eigenvalue weighted by molar-refractivity contribution is 5.90. The number of hydrogen-bond acceptors (Lipinski definition) is 4. The molecule has 2 heterocycles. The lowest BCUT2D eigenvalue weighted by molar-refractivity contribution is -0.120. The van der Waals surface area contributed by atoms with E-state index in [1.807, 2.05) is 6.92 Å². The predicted octanol–water partition coefficient (Wildman–Crippen LogP) is 1.42. The highest BCUT2D eigenvalue weighted by Crippen LogP contribution is 2.23. The Balaban J connectivity index is 1.57. The Morgan fingerprint density at radius 3 is 3.04 bits per heavy atom. The van der Waals surface area contributed by atoms with Crippen molar-refractivity contribution in [2.45, 2.75) is 26.2 Å². The van der Waals surface area contributed by atoms with E-state index in [9.17, 15) is 9.18 Å². The molecular formula is C15H17FN6O. The molecule has 2 aromatic heterocycles. The van der Waals surface area contributed by atoms with Crippen LogP contribution in [0.15, 0.2) is 18.2 Å². The Bertz CT molecular complexity index is 811. The fourth-order valence-electron chi connectivity index (χ4n) is 2.57. The van der Waals surface area contributed by atoms with Crippen LogP contribution in [0.4, 0.5) is 4.39 Å². The van der Waals surface area contributed by atoms with Gasteiger partial charge in [0.2, 0.25) is 5.91 Å². The van der Waals surface area contributed by atoms with Gasteiger partial charge in [0, 0.05) is 29.6 Å². The van der Waals surface area contributed by atoms with Crippen molar-refractivity contribution in [2.75, 3.05) is 6.54 Å². The number of aryl methyl sites for hydroxylation is 2. The molecule has 0 saturated heterocycles. The van der Waals surface area contributed by atoms with Crippen molar-refractivity contribution in [3.8, 4) is 0 Å². The molecule has 0 atom stereocenters. The number of carbonyl (C=O) groups excluding carboxylic acids is 1. The molecule has 1 amide bonds. The molecule has 3 N–H and O–H groups in total. The highest BCUT2D eigenvalue weighted by atomic mass is 19.1. The zero-order valence-corrected chi connectivity index (χ0v) is 12.7. The monoisotopic (exact) mass is 316 g/mol. The van der Waals surface area contributed by atoms with Gasteiger partial charge in [0.05, 0.1) is 6.42 Å². The van der Waals surface area contributed by atoms with Crippen LogP contribution in [0.3, 0.4) is 0 Å². The largest absolute Gasteiger partial charge is 0.358 e. The number of nitrogens with one attached hydrogen (secondary N) is 3. The van der Waals surface area contributed by atoms with E-state index in [2.05, 4.69) is 30.9 Å². The molecule has 8 heteroatoms. The van der Waals surface area contributed by atoms with Gasteiger partial charge in [-0.3, -0.25) is 4.79 Å². The van der Waals surface area contributed by atoms with Gasteiger partial charge in [-0.15, -0.1) is 10.2 Å². The Morgan fingerprint density at radius 2 is 2.26 bits per heavy atom. The summed E-state index contributed by atoms with van der Waals surface area (Å²) >= 11 is 0. The zero-order valence-electron chi connectivity index (χ0n) is 12.7. The first-order valence-electron chi connectivity index (χ1n) is 7.39. The summed E-state index contributed by atoms with van der Waals surface area (Å²) in [5.41, 5.74) is 2.55. The molecule has 0 aliphatic carbocycles. The van der Waals surface area contributed by atoms with Gasteiger partial charge in [-0.2, -0.15) is 5.21 Å². The minimum absolute atomic E-state index is 0.0913. The number of nitrogens with zero attached hydrogens (tertiary/aromatic N) is 3. The number of aromatic amines is 2. The van der Waals surface area contributed by atoms with E-state index in [-0.39, 0.29) is 18.1 Å². The van der Waals surface area contributed by atoms with Gasteiger partial charge in [-0.05, 0) is 37.1 Å². The number of tetrazole rings is 1. The predicted molar refractivity (Wildman–Crippen MR) is 82.2 cm³/mol. The van der Waals surface area contributed by atoms with Crippen LogP contribution in [-0.4, -0.2) is 38.1 Å². The van der Waals surface area contributed by atoms with Gasteiger partial charge in [0.15, 0.2) is 5.82 Å². The normalized spacial score (nSPS) is 11.0. The molecule has 23 heavy (non-hydrogen) atoms. The molecule has 0 unspecified atom stereocenters. The Kier molecular flexibility index (Phi) is 4.31. The van der Waals surface area contributed by atoms with Crippen LogP contribution in [0.25, 0.3) is 10.9 Å². The third kappa shape index (κ3) is 3.53. The molecule has 1 aromatic carbocycles. The van der Waals surface area contributed by atoms with Gasteiger partial charge in [-0.1, -0.05) is 5.21 Å². The number of benzene rings is 1. The number of carbonyl (C=O) groups is 1. The van der Waals surface area contributed by atoms with E-state index >= 15 is 0 Å². The molecular weight excluding hydrogens is 299 g/mol. The molecule has 0 aliphatic rings. The van der Waals surface area contributed by atoms with Crippen molar-refractivity contribution in [3.63, 3.8) is 0 Å². The van der Waals surface area contributed by atoms with Crippen LogP contribution < -0.4 is 5.32 Å². The summed E-state index contributed by atoms with van der Waals surface area (Å²) in [7, 11) is 0. The summed E-state index contributed by atoms with van der Waals surface area (Å²) in [5, 5.41) is 17.2. The number of amides is 1. The SMILES string of the molecule is Cc1[nH]c2ccc(F)cc2c1CC(=O)NCCCc1nn[nH]n1. The Hall–Kier alpha value is -2.77. The topological polar surface area (TPSA) is 99.4 Å². The number of fused-ring (bicyclic) bond motifs is 1. The molecule has 0 aliphatic heterocycles. The van der Waals surface area contributed by atoms with Gasteiger partial charge < -0.3 is 10.3 Å². The molecule has 120 valence electrons. The summed E-state index contributed by atoms with van der Waals surface area (Å²) < 4.78 is 13.4. The van der Waals surface area contributed by atoms with Gasteiger partial charge in [0.1, 0.15) is 5.82 Å². The lowest BCUT2D eigenvalue weighted by Crippen LogP contribution is -2.26. The van der Waals surface area contributed by atoms with Crippen LogP contribution in [0.1, 0.15) is 23.5 Å². The van der Waals surface area contributed by atoms with Crippen molar-refractivity contribution in [1.29, 1.82) is 0 Å². The van der Waals surface area contributed by atoms with E-state index < -0.39 is 0 Å². The van der Waals surface area contributed by atoms with E-state index in [4.69, 9.17) is 0 Å². The van der Waals surface area contributed by atoms with E-state index in [0.29, 0.717) is 18.8 Å². The summed E-state index contributed by atoms with van der Waals surface area (Å²) in [6, 6.07) is 4.54. The molecule has 3 rings (SSSR count). The lowest BCUT2D eigenvalue weighted by Gasteiger charge is -2.05. The molecule has 0 bridgehead atoms. The number of H-pyrrole nitrogens is 2. The Morgan fingerprint density at radius 1 is 1.39 bits per heavy atom. The second kappa shape index (κ2) is 6.55. The molecule has 3 aromatic rings. The summed E-state index contributed by atoms with van der Waals surface area (Å²) in [5.74, 6) is 0.229. The average Bonchev–Trinajstić information content (AvgIpc) is 3.13. The lowest BCUT2D eigenvalue weighted by atomic mass is 10.1. The van der Waals surface area contributed by atoms with Crippen LogP contribution in [0.2, 0.25) is 0 Å². The van der Waals surface area contributed by atoms with Crippen molar-refractivity contribution in [3.05, 3.63) is 41.1 Å². The van der Waals surface area contributed by atoms with Crippen molar-refractivity contribution in [1.82, 2.24) is 30.9 Å². The zero-order chi connectivity index (χ0) is 16.2. The third-order valence-electron chi connectivity index (χ3n) is 3.71. The van der Waals surface area contributed by atoms with Crippen LogP contribution in [0.5, 0.6) is 0 Å². The second-order valence-corrected chi connectivity index (χ2v) is 5.38. The van der Waals surface area contributed by atoms with E-state index in [1.165, 1.54) is 12.1 Å². The molecule has 0 spiro atoms. The Labute approximate surface area is 131 Å². The highest BCUT2D eigenvalue weighted by Gasteiger charge is 2.13. The fourth-order valence-corrected chi connectivity index (χ4v) is 2.57. The van der Waals surface area contributed by atoms with Gasteiger partial charge in [0.25, 0.3) is 0 Å². The summed E-state index contributed by atoms with van der Waals surface area (Å²) in [4.78, 5) is 15.3. The standard InChI is InChI=1S/C15H17FN6O/c1-9-11(12-7-10(16)4-5-13(12)18-9)8-15(23)17-6-2-3-14-19-21-22-20-14/h4-5,7,18H,2-3,6,8H2,1H3,(H,17,23)(H,19,20,21,22). The van der Waals surface area contributed by atoms with E-state index in [0.717, 1.165) is 28.6 Å². The van der Waals surface area contributed by atoms with Gasteiger partial charge >= 0.3 is 0 Å². The number of aromatic nitrogens is 5. The maximum atomic E-state index is 13.4. The molecule has 0 fully saturated rings. The fraction of sp³-hybridized carbons (Fsp3) is 0.333. The van der Waals surface area contributed by atoms with Crippen LogP contribution in [-0.2, 0) is 17.6 Å². The quantitative estimate of drug-likeness (QED) is 0.599. The molecule has 0 saturated carbocycles. The first-order valence-corrected chi connectivity index (χ1v) is 7.39. The first kappa shape index (κ1) is 15.1. The second-order valence-electron chi connectivity index (χ2n) is 5.38. The average molecular weight is 316 g/mol. The smallest absolute Gasteiger partial charge is 0.224 e. The minimum Gasteiger partial charge on any atom is -0.358 e. The summed E-state index contributed by atoms with van der Waals surface area (Å²) in [6.45, 7) is 2.42. The minimum atomic E-state index is -0.307. The third-order valence-corrected chi connectivity index (χ3v) is 3.71. The van der Waals surface area contributed by atoms with Crippen molar-refractivity contribution >= 4 is 16.8 Å². The van der Waals surface area contributed by atoms with Crippen molar-refractivity contribution in [2.24, 2.45) is 0 Å². The maximum absolute atomic E-state index is 13.4. The van der Waals surface area contributed by atoms with E-state index in [1.54, 1.807) is 6.07 Å². The van der Waals surface area contributed by atoms with Crippen LogP contribution >= 0.6 is 0 Å². The number of rotatable bonds is 6. The van der Waals surface area contributed by atoms with Gasteiger partial charge in [-0.25, -0.2) is 4.39 Å². The summed E-state index contributed by atoms with van der Waals surface area (Å²) in [6.07, 6.45) is 1.60. The maximum Gasteiger partial charge on any atom is 0.224 e. The van der Waals surface area contributed by atoms with Crippen LogP contribution in [0, 0.1) is 12.7 Å². The molecule has 7 nitrogen and oxygen atoms in total. The number of hydrogen-bond donors (Lipinski definition) is 3. The molecule has 0 radical (unpaired) electrons. The number of halogens is 1.